The Bertz CT molecular complexity index is 2750. The van der Waals surface area contributed by atoms with Crippen LogP contribution in [0, 0.1) is 0 Å². The van der Waals surface area contributed by atoms with Gasteiger partial charge in [0.2, 0.25) is 0 Å². The van der Waals surface area contributed by atoms with Crippen LogP contribution in [0.1, 0.15) is 0 Å². The first-order valence-electron chi connectivity index (χ1n) is 17.1. The van der Waals surface area contributed by atoms with E-state index in [4.69, 9.17) is 0 Å². The Kier molecular flexibility index (Phi) is 6.49. The van der Waals surface area contributed by atoms with Gasteiger partial charge in [-0.2, -0.15) is 0 Å². The Balaban J connectivity index is 1.37. The molecule has 3 heterocycles. The molecule has 10 aromatic rings. The number of nitrogens with zero attached hydrogens (tertiary/aromatic N) is 3. The van der Waals surface area contributed by atoms with Crippen LogP contribution >= 0.6 is 0 Å². The average molecular weight is 638 g/mol. The molecular weight excluding hydrogens is 607 g/mol. The number of fused-ring (bicyclic) bond motifs is 6. The molecule has 7 aromatic carbocycles. The van der Waals surface area contributed by atoms with Crippen LogP contribution in [0.15, 0.2) is 188 Å². The first-order chi connectivity index (χ1) is 24.9. The maximum Gasteiger partial charge on any atom is 0.0619 e. The van der Waals surface area contributed by atoms with Gasteiger partial charge in [0, 0.05) is 50.6 Å². The largest absolute Gasteiger partial charge is 0.308 e. The highest BCUT2D eigenvalue weighted by Gasteiger charge is 2.24. The third-order valence-electron chi connectivity index (χ3n) is 10.0. The van der Waals surface area contributed by atoms with Crippen LogP contribution < -0.4 is 0 Å². The van der Waals surface area contributed by atoms with Crippen molar-refractivity contribution in [3.8, 4) is 44.8 Å². The van der Waals surface area contributed by atoms with Crippen LogP contribution in [0.2, 0.25) is 0 Å². The van der Waals surface area contributed by atoms with Gasteiger partial charge in [-0.15, -0.1) is 0 Å². The van der Waals surface area contributed by atoms with Gasteiger partial charge in [-0.1, -0.05) is 146 Å². The van der Waals surface area contributed by atoms with E-state index in [1.807, 2.05) is 12.4 Å². The predicted octanol–water partition coefficient (Wildman–Crippen LogP) is 12.3. The van der Waals surface area contributed by atoms with Gasteiger partial charge in [-0.3, -0.25) is 4.98 Å². The van der Waals surface area contributed by atoms with Gasteiger partial charge in [0.25, 0.3) is 0 Å². The average Bonchev–Trinajstić information content (AvgIpc) is 3.71. The molecular formula is C47H31N3. The van der Waals surface area contributed by atoms with Gasteiger partial charge >= 0.3 is 0 Å². The molecule has 0 saturated heterocycles. The number of benzene rings is 7. The maximum absolute atomic E-state index is 4.53. The minimum atomic E-state index is 1.13. The summed E-state index contributed by atoms with van der Waals surface area (Å²) in [6.45, 7) is 0. The normalized spacial score (nSPS) is 11.6. The molecule has 0 fully saturated rings. The van der Waals surface area contributed by atoms with E-state index in [0.717, 1.165) is 33.4 Å². The fourth-order valence-electron chi connectivity index (χ4n) is 7.95. The van der Waals surface area contributed by atoms with Crippen LogP contribution in [0.5, 0.6) is 0 Å². The van der Waals surface area contributed by atoms with E-state index in [2.05, 4.69) is 190 Å². The third-order valence-corrected chi connectivity index (χ3v) is 10.0. The summed E-state index contributed by atoms with van der Waals surface area (Å²) in [5.74, 6) is 0. The zero-order valence-corrected chi connectivity index (χ0v) is 27.2. The molecule has 0 amide bonds. The lowest BCUT2D eigenvalue weighted by Gasteiger charge is -2.23. The molecule has 0 bridgehead atoms. The lowest BCUT2D eigenvalue weighted by atomic mass is 9.89. The molecule has 3 aromatic heterocycles. The van der Waals surface area contributed by atoms with Gasteiger partial charge in [0.1, 0.15) is 0 Å². The minimum absolute atomic E-state index is 1.13. The molecule has 0 unspecified atom stereocenters. The second-order valence-corrected chi connectivity index (χ2v) is 12.7. The second kappa shape index (κ2) is 11.5. The van der Waals surface area contributed by atoms with Gasteiger partial charge in [-0.25, -0.2) is 0 Å². The van der Waals surface area contributed by atoms with E-state index < -0.39 is 0 Å². The summed E-state index contributed by atoms with van der Waals surface area (Å²) in [6, 6.07) is 63.5. The molecule has 0 saturated carbocycles. The van der Waals surface area contributed by atoms with Crippen molar-refractivity contribution in [2.45, 2.75) is 0 Å². The van der Waals surface area contributed by atoms with Crippen molar-refractivity contribution in [3.63, 3.8) is 0 Å². The summed E-state index contributed by atoms with van der Waals surface area (Å²) in [6.07, 6.45) is 3.89. The smallest absolute Gasteiger partial charge is 0.0619 e. The summed E-state index contributed by atoms with van der Waals surface area (Å²) in [5, 5.41) is 4.82. The van der Waals surface area contributed by atoms with Gasteiger partial charge in [0.15, 0.2) is 0 Å². The minimum Gasteiger partial charge on any atom is -0.308 e. The van der Waals surface area contributed by atoms with Crippen molar-refractivity contribution in [1.29, 1.82) is 0 Å². The van der Waals surface area contributed by atoms with E-state index in [0.29, 0.717) is 0 Å². The van der Waals surface area contributed by atoms with Crippen LogP contribution in [-0.2, 0) is 0 Å². The Hall–Kier alpha value is -6.71. The Morgan fingerprint density at radius 1 is 0.340 bits per heavy atom. The van der Waals surface area contributed by atoms with Crippen LogP contribution in [-0.4, -0.2) is 14.1 Å². The quantitative estimate of drug-likeness (QED) is 0.184. The number of pyridine rings is 1. The summed E-state index contributed by atoms with van der Waals surface area (Å²) in [5.41, 5.74) is 14.0. The second-order valence-electron chi connectivity index (χ2n) is 12.7. The third kappa shape index (κ3) is 4.27. The van der Waals surface area contributed by atoms with E-state index in [-0.39, 0.29) is 0 Å². The maximum atomic E-state index is 4.53. The monoisotopic (exact) mass is 637 g/mol. The van der Waals surface area contributed by atoms with Crippen molar-refractivity contribution in [3.05, 3.63) is 188 Å². The Morgan fingerprint density at radius 2 is 0.840 bits per heavy atom. The number of aromatic nitrogens is 3. The highest BCUT2D eigenvalue weighted by atomic mass is 15.0. The van der Waals surface area contributed by atoms with Gasteiger partial charge < -0.3 is 9.13 Å². The molecule has 3 nitrogen and oxygen atoms in total. The number of hydrogen-bond acceptors (Lipinski definition) is 1. The van der Waals surface area contributed by atoms with Crippen molar-refractivity contribution >= 4 is 43.6 Å². The highest BCUT2D eigenvalue weighted by molar-refractivity contribution is 6.12. The molecule has 10 rings (SSSR count). The lowest BCUT2D eigenvalue weighted by Crippen LogP contribution is -2.03. The molecule has 0 radical (unpaired) electrons. The number of para-hydroxylation sites is 4. The lowest BCUT2D eigenvalue weighted by molar-refractivity contribution is 1.17. The van der Waals surface area contributed by atoms with E-state index in [1.165, 1.54) is 55.0 Å². The molecule has 0 aliphatic heterocycles. The number of hydrogen-bond donors (Lipinski definition) is 0. The predicted molar refractivity (Wildman–Crippen MR) is 209 cm³/mol. The molecule has 0 atom stereocenters. The first kappa shape index (κ1) is 28.3. The highest BCUT2D eigenvalue weighted by Crippen LogP contribution is 2.46. The molecule has 0 aliphatic carbocycles. The van der Waals surface area contributed by atoms with E-state index in [1.54, 1.807) is 0 Å². The molecule has 234 valence electrons. The molecule has 0 spiro atoms. The fourth-order valence-corrected chi connectivity index (χ4v) is 7.95. The van der Waals surface area contributed by atoms with Gasteiger partial charge in [-0.05, 0) is 47.0 Å². The topological polar surface area (TPSA) is 22.8 Å². The molecule has 3 heteroatoms. The standard InChI is InChI=1S/C47H31N3/c1-3-15-32(16-4-1)34-22-13-24-39(47(34)50-42-26-11-7-19-35(42)36-20-8-12-27-43(36)50)38-23-14-28-45(46(38)33-17-5-2-6-18-33)49-41-25-10-9-21-37(41)40-31-48-30-29-44(40)49/h1-31H. The Labute approximate surface area is 290 Å². The zero-order chi connectivity index (χ0) is 33.0. The molecule has 0 N–H and O–H groups in total. The Morgan fingerprint density at radius 3 is 1.52 bits per heavy atom. The SMILES string of the molecule is c1ccc(-c2cccc(-c3cccc(-n4c5ccccc5c5cnccc54)c3-c3ccccc3)c2-n2c3ccccc3c3ccccc32)cc1. The first-order valence-corrected chi connectivity index (χ1v) is 17.1. The summed E-state index contributed by atoms with van der Waals surface area (Å²) < 4.78 is 4.90. The van der Waals surface area contributed by atoms with Crippen LogP contribution in [0.3, 0.4) is 0 Å². The fraction of sp³-hybridized carbons (Fsp3) is 0. The summed E-state index contributed by atoms with van der Waals surface area (Å²) in [7, 11) is 0. The van der Waals surface area contributed by atoms with Crippen molar-refractivity contribution in [2.75, 3.05) is 0 Å². The van der Waals surface area contributed by atoms with E-state index in [9.17, 15) is 0 Å². The number of rotatable bonds is 5. The molecule has 0 aliphatic rings. The van der Waals surface area contributed by atoms with E-state index >= 15 is 0 Å². The summed E-state index contributed by atoms with van der Waals surface area (Å²) in [4.78, 5) is 4.53. The summed E-state index contributed by atoms with van der Waals surface area (Å²) >= 11 is 0. The van der Waals surface area contributed by atoms with Crippen LogP contribution in [0.25, 0.3) is 88.4 Å². The zero-order valence-electron chi connectivity index (χ0n) is 27.2. The van der Waals surface area contributed by atoms with Crippen molar-refractivity contribution < 1.29 is 0 Å². The molecule has 50 heavy (non-hydrogen) atoms. The van der Waals surface area contributed by atoms with Crippen molar-refractivity contribution in [1.82, 2.24) is 14.1 Å². The van der Waals surface area contributed by atoms with Crippen LogP contribution in [0.4, 0.5) is 0 Å². The van der Waals surface area contributed by atoms with Gasteiger partial charge in [0.05, 0.1) is 33.4 Å². The van der Waals surface area contributed by atoms with Crippen molar-refractivity contribution in [2.24, 2.45) is 0 Å².